The smallest absolute Gasteiger partial charge is 0.410 e. The zero-order chi connectivity index (χ0) is 13.8. The maximum atomic E-state index is 13.2. The third kappa shape index (κ3) is 3.21. The lowest BCUT2D eigenvalue weighted by atomic mass is 10.2. The largest absolute Gasteiger partial charge is 0.480 e. The molecule has 0 aromatic heterocycles. The maximum Gasteiger partial charge on any atom is 0.410 e. The first kappa shape index (κ1) is 13.3. The number of amides is 1. The van der Waals surface area contributed by atoms with E-state index in [2.05, 4.69) is 0 Å². The maximum absolute atomic E-state index is 13.2. The van der Waals surface area contributed by atoms with E-state index < -0.39 is 24.3 Å². The van der Waals surface area contributed by atoms with Gasteiger partial charge in [0.05, 0.1) is 6.54 Å². The van der Waals surface area contributed by atoms with Crippen LogP contribution >= 0.6 is 0 Å². The highest BCUT2D eigenvalue weighted by Gasteiger charge is 2.40. The molecule has 0 saturated carbocycles. The minimum atomic E-state index is -1.31. The number of carboxylic acid groups (broad SMARTS) is 1. The van der Waals surface area contributed by atoms with Gasteiger partial charge in [-0.1, -0.05) is 30.3 Å². The molecule has 2 atom stereocenters. The van der Waals surface area contributed by atoms with Crippen molar-refractivity contribution in [1.29, 1.82) is 0 Å². The normalized spacial score (nSPS) is 22.3. The van der Waals surface area contributed by atoms with Crippen LogP contribution in [-0.2, 0) is 16.1 Å². The van der Waals surface area contributed by atoms with Crippen LogP contribution in [0.15, 0.2) is 30.3 Å². The molecule has 6 heteroatoms. The highest BCUT2D eigenvalue weighted by Crippen LogP contribution is 2.21. The van der Waals surface area contributed by atoms with Crippen molar-refractivity contribution in [3.8, 4) is 0 Å². The number of hydrogen-bond donors (Lipinski definition) is 1. The molecule has 0 spiro atoms. The lowest BCUT2D eigenvalue weighted by Crippen LogP contribution is -2.40. The summed E-state index contributed by atoms with van der Waals surface area (Å²) in [4.78, 5) is 23.6. The summed E-state index contributed by atoms with van der Waals surface area (Å²) in [5, 5.41) is 8.92. The van der Waals surface area contributed by atoms with E-state index in [1.807, 2.05) is 6.07 Å². The van der Waals surface area contributed by atoms with Crippen LogP contribution in [0.5, 0.6) is 0 Å². The Hall–Kier alpha value is -2.11. The number of carbonyl (C=O) groups is 2. The molecule has 1 N–H and O–H groups in total. The summed E-state index contributed by atoms with van der Waals surface area (Å²) in [6.45, 7) is -0.190. The van der Waals surface area contributed by atoms with Crippen LogP contribution < -0.4 is 0 Å². The fraction of sp³-hybridized carbons (Fsp3) is 0.385. The van der Waals surface area contributed by atoms with Gasteiger partial charge in [0.25, 0.3) is 0 Å². The van der Waals surface area contributed by atoms with Crippen molar-refractivity contribution in [3.05, 3.63) is 35.9 Å². The molecular formula is C13H14FNO4. The number of alkyl halides is 1. The number of benzene rings is 1. The Morgan fingerprint density at radius 1 is 1.37 bits per heavy atom. The minimum Gasteiger partial charge on any atom is -0.480 e. The number of carboxylic acids is 1. The molecule has 1 saturated heterocycles. The molecule has 5 nitrogen and oxygen atoms in total. The van der Waals surface area contributed by atoms with E-state index in [0.29, 0.717) is 0 Å². The van der Waals surface area contributed by atoms with Crippen LogP contribution in [0.1, 0.15) is 12.0 Å². The van der Waals surface area contributed by atoms with Crippen LogP contribution in [0.25, 0.3) is 0 Å². The van der Waals surface area contributed by atoms with E-state index in [0.717, 1.165) is 10.5 Å². The second-order valence-electron chi connectivity index (χ2n) is 4.38. The molecule has 102 valence electrons. The van der Waals surface area contributed by atoms with E-state index in [1.165, 1.54) is 0 Å². The number of rotatable bonds is 3. The third-order valence-corrected chi connectivity index (χ3v) is 2.97. The number of likely N-dealkylation sites (tertiary alicyclic amines) is 1. The quantitative estimate of drug-likeness (QED) is 0.907. The average Bonchev–Trinajstić information content (AvgIpc) is 2.79. The van der Waals surface area contributed by atoms with Gasteiger partial charge in [0.2, 0.25) is 0 Å². The summed E-state index contributed by atoms with van der Waals surface area (Å²) in [6.07, 6.45) is -2.29. The predicted octanol–water partition coefficient (Wildman–Crippen LogP) is 1.82. The topological polar surface area (TPSA) is 66.8 Å². The molecule has 1 fully saturated rings. The van der Waals surface area contributed by atoms with Gasteiger partial charge in [-0.05, 0) is 5.56 Å². The van der Waals surface area contributed by atoms with Gasteiger partial charge in [-0.25, -0.2) is 14.0 Å². The van der Waals surface area contributed by atoms with Gasteiger partial charge in [0, 0.05) is 6.42 Å². The van der Waals surface area contributed by atoms with Crippen molar-refractivity contribution in [2.75, 3.05) is 6.54 Å². The molecule has 1 aliphatic rings. The molecule has 19 heavy (non-hydrogen) atoms. The first-order chi connectivity index (χ1) is 9.08. The summed E-state index contributed by atoms with van der Waals surface area (Å²) in [7, 11) is 0. The molecule has 1 aliphatic heterocycles. The number of carbonyl (C=O) groups excluding carboxylic acids is 1. The predicted molar refractivity (Wildman–Crippen MR) is 64.3 cm³/mol. The lowest BCUT2D eigenvalue weighted by molar-refractivity contribution is -0.141. The minimum absolute atomic E-state index is 0.0411. The van der Waals surface area contributed by atoms with Crippen LogP contribution in [0.2, 0.25) is 0 Å². The molecule has 2 rings (SSSR count). The van der Waals surface area contributed by atoms with Crippen molar-refractivity contribution in [1.82, 2.24) is 4.90 Å². The van der Waals surface area contributed by atoms with E-state index in [4.69, 9.17) is 9.84 Å². The molecule has 0 aliphatic carbocycles. The number of nitrogens with zero attached hydrogens (tertiary/aromatic N) is 1. The van der Waals surface area contributed by atoms with Crippen molar-refractivity contribution in [2.24, 2.45) is 0 Å². The van der Waals surface area contributed by atoms with Gasteiger partial charge in [-0.2, -0.15) is 0 Å². The summed E-state index contributed by atoms with van der Waals surface area (Å²) >= 11 is 0. The first-order valence-electron chi connectivity index (χ1n) is 5.92. The van der Waals surface area contributed by atoms with Crippen LogP contribution in [0, 0.1) is 0 Å². The van der Waals surface area contributed by atoms with Gasteiger partial charge in [-0.3, -0.25) is 4.90 Å². The Morgan fingerprint density at radius 3 is 2.68 bits per heavy atom. The van der Waals surface area contributed by atoms with E-state index in [-0.39, 0.29) is 19.6 Å². The van der Waals surface area contributed by atoms with E-state index in [9.17, 15) is 14.0 Å². The number of ether oxygens (including phenoxy) is 1. The molecule has 1 aromatic carbocycles. The zero-order valence-electron chi connectivity index (χ0n) is 10.2. The third-order valence-electron chi connectivity index (χ3n) is 2.97. The summed E-state index contributed by atoms with van der Waals surface area (Å²) in [5.41, 5.74) is 0.790. The number of hydrogen-bond acceptors (Lipinski definition) is 3. The summed E-state index contributed by atoms with van der Waals surface area (Å²) in [5.74, 6) is -1.21. The SMILES string of the molecule is O=C(O)[C@H]1C[C@@H](F)CN1C(=O)OCc1ccccc1. The van der Waals surface area contributed by atoms with Crippen molar-refractivity contribution >= 4 is 12.1 Å². The van der Waals surface area contributed by atoms with Gasteiger partial charge in [0.1, 0.15) is 18.8 Å². The summed E-state index contributed by atoms with van der Waals surface area (Å²) in [6, 6.07) is 7.86. The van der Waals surface area contributed by atoms with Gasteiger partial charge in [-0.15, -0.1) is 0 Å². The average molecular weight is 267 g/mol. The summed E-state index contributed by atoms with van der Waals surface area (Å²) < 4.78 is 18.2. The van der Waals surface area contributed by atoms with Crippen LogP contribution in [-0.4, -0.2) is 40.8 Å². The van der Waals surface area contributed by atoms with Crippen molar-refractivity contribution in [3.63, 3.8) is 0 Å². The Labute approximate surface area is 109 Å². The first-order valence-corrected chi connectivity index (χ1v) is 5.92. The fourth-order valence-corrected chi connectivity index (χ4v) is 2.02. The number of halogens is 1. The molecule has 0 bridgehead atoms. The molecule has 0 radical (unpaired) electrons. The standard InChI is InChI=1S/C13H14FNO4/c14-10-6-11(12(16)17)15(7-10)13(18)19-8-9-4-2-1-3-5-9/h1-5,10-11H,6-8H2,(H,16,17)/t10-,11-/m1/s1. The molecule has 1 amide bonds. The fourth-order valence-electron chi connectivity index (χ4n) is 2.02. The highest BCUT2D eigenvalue weighted by atomic mass is 19.1. The molecule has 1 aromatic rings. The van der Waals surface area contributed by atoms with Gasteiger partial charge < -0.3 is 9.84 Å². The second-order valence-corrected chi connectivity index (χ2v) is 4.38. The lowest BCUT2D eigenvalue weighted by Gasteiger charge is -2.20. The molecule has 1 heterocycles. The molecular weight excluding hydrogens is 253 g/mol. The monoisotopic (exact) mass is 267 g/mol. The van der Waals surface area contributed by atoms with Gasteiger partial charge in [0.15, 0.2) is 0 Å². The number of aliphatic carboxylic acids is 1. The Balaban J connectivity index is 1.94. The molecule has 0 unspecified atom stereocenters. The van der Waals surface area contributed by atoms with E-state index in [1.54, 1.807) is 24.3 Å². The highest BCUT2D eigenvalue weighted by molar-refractivity contribution is 5.80. The van der Waals surface area contributed by atoms with Crippen LogP contribution in [0.3, 0.4) is 0 Å². The van der Waals surface area contributed by atoms with Crippen molar-refractivity contribution < 1.29 is 23.8 Å². The zero-order valence-corrected chi connectivity index (χ0v) is 10.2. The van der Waals surface area contributed by atoms with Crippen molar-refractivity contribution in [2.45, 2.75) is 25.2 Å². The Morgan fingerprint density at radius 2 is 2.05 bits per heavy atom. The van der Waals surface area contributed by atoms with E-state index >= 15 is 0 Å². The Kier molecular flexibility index (Phi) is 3.99. The van der Waals surface area contributed by atoms with Crippen LogP contribution in [0.4, 0.5) is 9.18 Å². The Bertz CT molecular complexity index is 465. The van der Waals surface area contributed by atoms with Gasteiger partial charge >= 0.3 is 12.1 Å². The second kappa shape index (κ2) is 5.69.